The van der Waals surface area contributed by atoms with Gasteiger partial charge in [-0.25, -0.2) is 4.98 Å². The van der Waals surface area contributed by atoms with E-state index in [4.69, 9.17) is 80.3 Å². The first-order valence-electron chi connectivity index (χ1n) is 30.7. The van der Waals surface area contributed by atoms with Crippen molar-refractivity contribution in [1.82, 2.24) is 21.0 Å². The summed E-state index contributed by atoms with van der Waals surface area (Å²) in [4.78, 5) is 128. The van der Waals surface area contributed by atoms with Crippen LogP contribution in [0.15, 0.2) is 67.8 Å². The van der Waals surface area contributed by atoms with Crippen LogP contribution in [0.25, 0.3) is 16.4 Å². The third kappa shape index (κ3) is 15.0. The number of rotatable bonds is 26. The summed E-state index contributed by atoms with van der Waals surface area (Å²) in [6, 6.07) is 2.65. The van der Waals surface area contributed by atoms with Gasteiger partial charge >= 0.3 is 16.8 Å². The molecule has 8 rings (SSSR count). The molecular formula is C63H91CoN15O14P. The maximum atomic E-state index is 14.4. The number of nitrogens with zero attached hydrogens (tertiary/aromatic N) is 7. The number of nitrogens with two attached hydrogens (primary N) is 6. The van der Waals surface area contributed by atoms with Gasteiger partial charge in [0.2, 0.25) is 41.4 Å². The third-order valence-corrected chi connectivity index (χ3v) is 21.6. The molecule has 94 heavy (non-hydrogen) atoms. The van der Waals surface area contributed by atoms with E-state index in [1.807, 2.05) is 80.5 Å². The standard InChI is InChI=1S/C62H90N13O14P.CN.Co.H3N/c1-29-20-39-40(21-30(29)2)75(28-70-39)57-52(84)53(41(27-76)87-57)89-90(85,86)88-31(3)26-69-49(83)18-19-59(8)37(22-46(66)80)56-62(11)61(10,25-48(68)82)36(14-17-45(65)79)51(74-62)33(5)55-60(9,24-47(67)81)34(12-15-43(63)77)38(71-55)23-42-58(6,7)35(13-16-44(64)78)50(72-42)32(4)54(59)73-56;1-2;;/h20-21,23,28,31,34-37,41,52-53,56-57,76,84H,12-19,22,24-27H2,1-11H3,(H15,63,64,65,66,67,68,69,71,72,73,74,77,78,79,80,81,82,83,85,86);;;1H3/q;-1;+3;/p-2/t31?,34-,35-,36-,37+,41-,52-,53-,56-,57+,59-,60+,61+,62+;;;/m1.../s1. The minimum atomic E-state index is -5.32. The maximum Gasteiger partial charge on any atom is 3.00 e. The van der Waals surface area contributed by atoms with Crippen molar-refractivity contribution in [2.24, 2.45) is 94.7 Å². The Bertz CT molecular complexity index is 3600. The molecule has 1 aromatic heterocycles. The van der Waals surface area contributed by atoms with Crippen LogP contribution in [-0.4, -0.2) is 127 Å². The normalized spacial score (nSPS) is 32.8. The second-order valence-corrected chi connectivity index (χ2v) is 28.3. The summed E-state index contributed by atoms with van der Waals surface area (Å²) >= 11 is 0. The smallest absolute Gasteiger partial charge is 0.756 e. The first kappa shape index (κ1) is 77.7. The summed E-state index contributed by atoms with van der Waals surface area (Å²) in [6.45, 7) is 23.7. The molecule has 8 bridgehead atoms. The van der Waals surface area contributed by atoms with Crippen LogP contribution in [-0.2, 0) is 68.7 Å². The molecule has 1 aromatic carbocycles. The Balaban J connectivity index is 0.00000396. The third-order valence-electron chi connectivity index (χ3n) is 20.5. The number of phosphoric ester groups is 1. The fourth-order valence-electron chi connectivity index (χ4n) is 15.3. The first-order chi connectivity index (χ1) is 42.8. The largest absolute Gasteiger partial charge is 3.00 e. The quantitative estimate of drug-likeness (QED) is 0.0475. The number of hydrogen-bond donors (Lipinski definition) is 10. The van der Waals surface area contributed by atoms with Gasteiger partial charge in [0.15, 0.2) is 6.23 Å². The van der Waals surface area contributed by atoms with Crippen molar-refractivity contribution in [3.8, 4) is 0 Å². The van der Waals surface area contributed by atoms with E-state index in [-0.39, 0.29) is 100 Å². The van der Waals surface area contributed by atoms with Gasteiger partial charge in [-0.15, -0.1) is 0 Å². The number of carbonyl (C=O) groups excluding carboxylic acids is 7. The molecule has 0 saturated carbocycles. The van der Waals surface area contributed by atoms with Crippen LogP contribution < -0.4 is 50.8 Å². The molecule has 6 aliphatic rings. The van der Waals surface area contributed by atoms with Crippen molar-refractivity contribution in [1.29, 1.82) is 5.26 Å². The predicted molar refractivity (Wildman–Crippen MR) is 342 cm³/mol. The molecule has 2 unspecified atom stereocenters. The van der Waals surface area contributed by atoms with Crippen molar-refractivity contribution in [2.45, 2.75) is 189 Å². The van der Waals surface area contributed by atoms with Crippen LogP contribution >= 0.6 is 7.82 Å². The monoisotopic (exact) mass is 1370 g/mol. The molecule has 18 N–H and O–H groups in total. The van der Waals surface area contributed by atoms with Crippen molar-refractivity contribution >= 4 is 77.3 Å². The second kappa shape index (κ2) is 29.5. The number of imidazole rings is 1. The molecule has 516 valence electrons. The van der Waals surface area contributed by atoms with E-state index in [1.165, 1.54) is 17.8 Å². The predicted octanol–water partition coefficient (Wildman–Crippen LogP) is 3.57. The Morgan fingerprint density at radius 3 is 1.95 bits per heavy atom. The molecule has 0 radical (unpaired) electrons. The second-order valence-electron chi connectivity index (χ2n) is 27.0. The number of nitrogens with one attached hydrogen (secondary N) is 1. The van der Waals surface area contributed by atoms with Crippen LogP contribution in [0.2, 0.25) is 0 Å². The van der Waals surface area contributed by atoms with E-state index in [9.17, 15) is 53.2 Å². The van der Waals surface area contributed by atoms with Crippen LogP contribution in [0.4, 0.5) is 0 Å². The minimum Gasteiger partial charge on any atom is -0.756 e. The van der Waals surface area contributed by atoms with Crippen LogP contribution in [0.5, 0.6) is 0 Å². The van der Waals surface area contributed by atoms with Crippen molar-refractivity contribution in [3.05, 3.63) is 75.8 Å². The molecule has 7 heterocycles. The van der Waals surface area contributed by atoms with Crippen LogP contribution in [0, 0.1) is 71.0 Å². The van der Waals surface area contributed by atoms with Gasteiger partial charge in [-0.05, 0) is 118 Å². The van der Waals surface area contributed by atoms with Crippen molar-refractivity contribution < 1.29 is 83.8 Å². The first-order valence-corrected chi connectivity index (χ1v) is 32.2. The zero-order chi connectivity index (χ0) is 68.7. The number of allylic oxidation sites excluding steroid dienone is 6. The summed E-state index contributed by atoms with van der Waals surface area (Å²) in [6.07, 6.45) is -4.79. The number of aryl methyl sites for hydroxylation is 2. The molecule has 0 aliphatic carbocycles. The molecule has 0 spiro atoms. The molecule has 6 aliphatic heterocycles. The molecule has 29 nitrogen and oxygen atoms in total. The van der Waals surface area contributed by atoms with E-state index in [0.29, 0.717) is 56.4 Å². The van der Waals surface area contributed by atoms with Crippen molar-refractivity contribution in [3.63, 3.8) is 0 Å². The van der Waals surface area contributed by atoms with E-state index in [1.54, 1.807) is 6.92 Å². The molecular weight excluding hydrogens is 1280 g/mol. The number of aliphatic hydroxyl groups excluding tert-OH is 2. The van der Waals surface area contributed by atoms with Crippen LogP contribution in [0.1, 0.15) is 150 Å². The average molecular weight is 1370 g/mol. The number of aromatic nitrogens is 2. The number of phosphoric acid groups is 1. The number of ether oxygens (including phenoxy) is 1. The Morgan fingerprint density at radius 1 is 0.809 bits per heavy atom. The SMILES string of the molecule is C/C1=C2N=C(/C=C3N=C(/C(C)=C4\[N-][C@@](C)([C@@H]5N=C1[C@](C)(CCC(=O)NCC(C)OP(=O)([O-])O[C@H]1[C@@H](O)[C@@H](n6cnc7cc(C)c(C)cc76)O[C@@H]1CO)[C@H]5CC(N)=O)[C@@](C)(CC(N)=O)[C@@H]4CCC(N)=O)[C@@](C)(CC(N)=O)[C@@H]\3CCC(N)=O)C(C)(C)[C@@H]/2CCC(N)=O.N.[C-]#N.[Co+3]. The fraction of sp³-hybridized carbons (Fsp3) is 0.619. The summed E-state index contributed by atoms with van der Waals surface area (Å²) in [5.74, 6) is -7.40. The Kier molecular flexibility index (Phi) is 24.4. The number of aliphatic hydroxyl groups is 2. The van der Waals surface area contributed by atoms with Crippen LogP contribution in [0.3, 0.4) is 0 Å². The molecule has 31 heteroatoms. The zero-order valence-corrected chi connectivity index (χ0v) is 57.1. The molecule has 2 aromatic rings. The maximum absolute atomic E-state index is 14.4. The summed E-state index contributed by atoms with van der Waals surface area (Å²) < 4.78 is 31.9. The number of primary amides is 6. The van der Waals surface area contributed by atoms with E-state index in [2.05, 4.69) is 10.3 Å². The Hall–Kier alpha value is -7.04. The Labute approximate surface area is 557 Å². The van der Waals surface area contributed by atoms with Gasteiger partial charge in [0, 0.05) is 114 Å². The van der Waals surface area contributed by atoms with E-state index < -0.39 is 143 Å². The fourth-order valence-corrected chi connectivity index (χ4v) is 16.4. The van der Waals surface area contributed by atoms with Gasteiger partial charge in [0.05, 0.1) is 30.1 Å². The zero-order valence-electron chi connectivity index (χ0n) is 55.2. The Morgan fingerprint density at radius 2 is 1.38 bits per heavy atom. The minimum absolute atomic E-state index is 0. The number of hydrogen-bond acceptors (Lipinski definition) is 20. The summed E-state index contributed by atoms with van der Waals surface area (Å²) in [7, 11) is -5.32. The number of fused-ring (bicyclic) bond motifs is 7. The van der Waals surface area contributed by atoms with Gasteiger partial charge in [0.25, 0.3) is 7.82 Å². The van der Waals surface area contributed by atoms with E-state index in [0.717, 1.165) is 11.1 Å². The summed E-state index contributed by atoms with van der Waals surface area (Å²) in [5.41, 5.74) is 36.7. The number of amides is 7. The average Bonchev–Trinajstić information content (AvgIpc) is 1.53. The molecule has 7 amide bonds. The van der Waals surface area contributed by atoms with Gasteiger partial charge in [-0.2, -0.15) is 5.70 Å². The van der Waals surface area contributed by atoms with E-state index >= 15 is 0 Å². The number of carbonyl (C=O) groups is 7. The van der Waals surface area contributed by atoms with Gasteiger partial charge in [-0.1, -0.05) is 47.1 Å². The topological polar surface area (TPSA) is 524 Å². The number of benzene rings is 1. The number of aliphatic imine (C=N–C) groups is 3. The van der Waals surface area contributed by atoms with Crippen molar-refractivity contribution in [2.75, 3.05) is 13.2 Å². The summed E-state index contributed by atoms with van der Waals surface area (Å²) in [5, 5.41) is 36.4. The van der Waals surface area contributed by atoms with Gasteiger partial charge < -0.3 is 96.5 Å². The van der Waals surface area contributed by atoms with Gasteiger partial charge in [-0.3, -0.25) is 53.1 Å². The van der Waals surface area contributed by atoms with Gasteiger partial charge in [0.1, 0.15) is 18.3 Å². The molecule has 2 fully saturated rings. The molecule has 15 atom stereocenters. The molecule has 2 saturated heterocycles.